The molecule has 0 spiro atoms. The van der Waals surface area contributed by atoms with Crippen molar-refractivity contribution in [1.29, 1.82) is 0 Å². The predicted molar refractivity (Wildman–Crippen MR) is 79.0 cm³/mol. The Balaban J connectivity index is 1.67. The Hall–Kier alpha value is -0.770. The zero-order valence-corrected chi connectivity index (χ0v) is 12.5. The van der Waals surface area contributed by atoms with Crippen molar-refractivity contribution in [1.82, 2.24) is 10.2 Å². The van der Waals surface area contributed by atoms with Crippen molar-refractivity contribution in [3.05, 3.63) is 0 Å². The standard InChI is InChI=1S/C15H28N4/c1-10-12-8-11(15(12,2)3)9-13(10)18-14(16)19-6-4-17-5-7-19/h10-13,17H,4-9H2,1-3H3,(H2,16,18)/t10-,11+,12-,13?/m0/s1. The van der Waals surface area contributed by atoms with Gasteiger partial charge in [-0.2, -0.15) is 0 Å². The number of nitrogens with two attached hydrogens (primary N) is 1. The molecule has 3 N–H and O–H groups in total. The van der Waals surface area contributed by atoms with Crippen LogP contribution in [0.5, 0.6) is 0 Å². The van der Waals surface area contributed by atoms with E-state index in [9.17, 15) is 0 Å². The van der Waals surface area contributed by atoms with E-state index in [0.717, 1.165) is 44.0 Å². The maximum atomic E-state index is 6.22. The molecule has 0 aromatic carbocycles. The minimum atomic E-state index is 0.451. The Bertz CT molecular complexity index is 370. The Labute approximate surface area is 116 Å². The Morgan fingerprint density at radius 2 is 1.95 bits per heavy atom. The number of fused-ring (bicyclic) bond motifs is 2. The molecule has 4 rings (SSSR count). The van der Waals surface area contributed by atoms with E-state index in [0.29, 0.717) is 17.4 Å². The molecule has 1 aliphatic heterocycles. The first-order valence-electron chi connectivity index (χ1n) is 7.79. The molecular weight excluding hydrogens is 236 g/mol. The van der Waals surface area contributed by atoms with Crippen LogP contribution in [0.25, 0.3) is 0 Å². The van der Waals surface area contributed by atoms with Crippen molar-refractivity contribution < 1.29 is 0 Å². The molecule has 4 fully saturated rings. The van der Waals surface area contributed by atoms with Crippen LogP contribution in [0, 0.1) is 23.2 Å². The lowest BCUT2D eigenvalue weighted by molar-refractivity contribution is -0.108. The molecule has 0 aromatic heterocycles. The Kier molecular flexibility index (Phi) is 3.24. The van der Waals surface area contributed by atoms with Gasteiger partial charge in [0.15, 0.2) is 5.96 Å². The van der Waals surface area contributed by atoms with E-state index in [4.69, 9.17) is 10.7 Å². The zero-order valence-electron chi connectivity index (χ0n) is 12.5. The molecule has 4 nitrogen and oxygen atoms in total. The van der Waals surface area contributed by atoms with Gasteiger partial charge in [0.1, 0.15) is 0 Å². The van der Waals surface area contributed by atoms with E-state index in [1.165, 1.54) is 12.8 Å². The van der Waals surface area contributed by atoms with Crippen LogP contribution in [0.3, 0.4) is 0 Å². The largest absolute Gasteiger partial charge is 0.370 e. The summed E-state index contributed by atoms with van der Waals surface area (Å²) in [5, 5.41) is 3.35. The van der Waals surface area contributed by atoms with Crippen molar-refractivity contribution >= 4 is 5.96 Å². The lowest BCUT2D eigenvalue weighted by Crippen LogP contribution is -2.57. The van der Waals surface area contributed by atoms with E-state index in [-0.39, 0.29) is 0 Å². The number of aliphatic imine (C=N–C) groups is 1. The summed E-state index contributed by atoms with van der Waals surface area (Å²) in [5.41, 5.74) is 6.75. The molecular formula is C15H28N4. The average molecular weight is 264 g/mol. The fraction of sp³-hybridized carbons (Fsp3) is 0.933. The summed E-state index contributed by atoms with van der Waals surface area (Å²) < 4.78 is 0. The molecule has 3 aliphatic carbocycles. The van der Waals surface area contributed by atoms with Gasteiger partial charge < -0.3 is 16.0 Å². The summed E-state index contributed by atoms with van der Waals surface area (Å²) in [6.07, 6.45) is 2.64. The molecule has 0 aromatic rings. The highest BCUT2D eigenvalue weighted by atomic mass is 15.3. The van der Waals surface area contributed by atoms with Crippen LogP contribution in [0.4, 0.5) is 0 Å². The van der Waals surface area contributed by atoms with Gasteiger partial charge in [0.2, 0.25) is 0 Å². The number of guanidine groups is 1. The van der Waals surface area contributed by atoms with E-state index < -0.39 is 0 Å². The summed E-state index contributed by atoms with van der Waals surface area (Å²) in [6, 6.07) is 0.451. The van der Waals surface area contributed by atoms with Gasteiger partial charge in [0, 0.05) is 26.2 Å². The van der Waals surface area contributed by atoms with E-state index >= 15 is 0 Å². The molecule has 4 aliphatic rings. The lowest BCUT2D eigenvalue weighted by Gasteiger charge is -2.61. The third kappa shape index (κ3) is 2.14. The maximum absolute atomic E-state index is 6.22. The fourth-order valence-corrected chi connectivity index (χ4v) is 4.44. The van der Waals surface area contributed by atoms with Crippen LogP contribution in [0.15, 0.2) is 4.99 Å². The predicted octanol–water partition coefficient (Wildman–Crippen LogP) is 1.28. The summed E-state index contributed by atoms with van der Waals surface area (Å²) in [5.74, 6) is 3.16. The van der Waals surface area contributed by atoms with Gasteiger partial charge in [-0.25, -0.2) is 4.99 Å². The highest BCUT2D eigenvalue weighted by Gasteiger charge is 2.56. The average Bonchev–Trinajstić information content (AvgIpc) is 2.41. The summed E-state index contributed by atoms with van der Waals surface area (Å²) in [4.78, 5) is 7.11. The highest BCUT2D eigenvalue weighted by molar-refractivity contribution is 5.78. The Morgan fingerprint density at radius 3 is 2.53 bits per heavy atom. The molecule has 1 unspecified atom stereocenters. The first-order valence-corrected chi connectivity index (χ1v) is 7.79. The summed E-state index contributed by atoms with van der Waals surface area (Å²) in [6.45, 7) is 11.3. The second kappa shape index (κ2) is 4.65. The number of nitrogens with one attached hydrogen (secondary N) is 1. The molecule has 1 heterocycles. The number of nitrogens with zero attached hydrogens (tertiary/aromatic N) is 2. The van der Waals surface area contributed by atoms with Crippen LogP contribution in [-0.4, -0.2) is 43.1 Å². The molecule has 2 bridgehead atoms. The van der Waals surface area contributed by atoms with Crippen LogP contribution >= 0.6 is 0 Å². The van der Waals surface area contributed by atoms with Crippen LogP contribution in [0.1, 0.15) is 33.6 Å². The topological polar surface area (TPSA) is 53.6 Å². The second-order valence-corrected chi connectivity index (χ2v) is 7.25. The van der Waals surface area contributed by atoms with Crippen LogP contribution < -0.4 is 11.1 Å². The highest BCUT2D eigenvalue weighted by Crippen LogP contribution is 2.61. The minimum Gasteiger partial charge on any atom is -0.370 e. The molecule has 108 valence electrons. The molecule has 19 heavy (non-hydrogen) atoms. The summed E-state index contributed by atoms with van der Waals surface area (Å²) in [7, 11) is 0. The molecule has 0 amide bonds. The number of piperazine rings is 1. The van der Waals surface area contributed by atoms with Crippen LogP contribution in [0.2, 0.25) is 0 Å². The van der Waals surface area contributed by atoms with Gasteiger partial charge in [-0.1, -0.05) is 20.8 Å². The van der Waals surface area contributed by atoms with Crippen molar-refractivity contribution in [3.63, 3.8) is 0 Å². The quantitative estimate of drug-likeness (QED) is 0.554. The Morgan fingerprint density at radius 1 is 1.26 bits per heavy atom. The lowest BCUT2D eigenvalue weighted by atomic mass is 9.45. The van der Waals surface area contributed by atoms with Crippen molar-refractivity contribution in [2.24, 2.45) is 33.9 Å². The van der Waals surface area contributed by atoms with Gasteiger partial charge >= 0.3 is 0 Å². The van der Waals surface area contributed by atoms with Gasteiger partial charge in [-0.3, -0.25) is 0 Å². The third-order valence-electron chi connectivity index (χ3n) is 6.05. The molecule has 3 saturated carbocycles. The maximum Gasteiger partial charge on any atom is 0.191 e. The molecule has 0 radical (unpaired) electrons. The fourth-order valence-electron chi connectivity index (χ4n) is 4.44. The molecule has 4 heteroatoms. The van der Waals surface area contributed by atoms with Gasteiger partial charge in [-0.05, 0) is 36.0 Å². The molecule has 1 saturated heterocycles. The van der Waals surface area contributed by atoms with Crippen molar-refractivity contribution in [3.8, 4) is 0 Å². The van der Waals surface area contributed by atoms with Crippen molar-refractivity contribution in [2.45, 2.75) is 39.7 Å². The smallest absolute Gasteiger partial charge is 0.191 e. The van der Waals surface area contributed by atoms with Crippen LogP contribution in [-0.2, 0) is 0 Å². The minimum absolute atomic E-state index is 0.451. The molecule has 4 atom stereocenters. The number of hydrogen-bond donors (Lipinski definition) is 2. The van der Waals surface area contributed by atoms with Crippen molar-refractivity contribution in [2.75, 3.05) is 26.2 Å². The number of rotatable bonds is 1. The SMILES string of the molecule is C[C@@H]1C(N=C(N)N2CCNCC2)C[C@H]2C[C@@H]1C2(C)C. The van der Waals surface area contributed by atoms with Gasteiger partial charge in [-0.15, -0.1) is 0 Å². The monoisotopic (exact) mass is 264 g/mol. The summed E-state index contributed by atoms with van der Waals surface area (Å²) >= 11 is 0. The first-order chi connectivity index (χ1) is 9.00. The van der Waals surface area contributed by atoms with E-state index in [1.54, 1.807) is 0 Å². The zero-order chi connectivity index (χ0) is 13.6. The normalized spacial score (nSPS) is 41.8. The first kappa shape index (κ1) is 13.2. The number of hydrogen-bond acceptors (Lipinski definition) is 2. The second-order valence-electron chi connectivity index (χ2n) is 7.25. The van der Waals surface area contributed by atoms with E-state index in [1.807, 2.05) is 0 Å². The van der Waals surface area contributed by atoms with Gasteiger partial charge in [0.25, 0.3) is 0 Å². The third-order valence-corrected chi connectivity index (χ3v) is 6.05. The van der Waals surface area contributed by atoms with E-state index in [2.05, 4.69) is 31.0 Å². The van der Waals surface area contributed by atoms with Gasteiger partial charge in [0.05, 0.1) is 6.04 Å².